The Morgan fingerprint density at radius 1 is 1.06 bits per heavy atom. The summed E-state index contributed by atoms with van der Waals surface area (Å²) in [6, 6.07) is 12.5. The fraction of sp³-hybridized carbons (Fsp3) is 0.391. The molecule has 0 aliphatic carbocycles. The number of halogens is 4. The molecule has 1 saturated heterocycles. The lowest BCUT2D eigenvalue weighted by Gasteiger charge is -2.36. The van der Waals surface area contributed by atoms with Gasteiger partial charge in [-0.2, -0.15) is 18.4 Å². The van der Waals surface area contributed by atoms with Crippen LogP contribution in [0.4, 0.5) is 18.9 Å². The van der Waals surface area contributed by atoms with Gasteiger partial charge in [-0.05, 0) is 61.9 Å². The first-order valence-corrected chi connectivity index (χ1v) is 11.2. The van der Waals surface area contributed by atoms with E-state index in [1.54, 1.807) is 12.1 Å². The molecule has 170 valence electrons. The van der Waals surface area contributed by atoms with E-state index in [1.165, 1.54) is 6.07 Å². The number of alkyl halides is 3. The van der Waals surface area contributed by atoms with E-state index in [1.807, 2.05) is 23.1 Å². The van der Waals surface area contributed by atoms with E-state index in [0.717, 1.165) is 49.1 Å². The standard InChI is InChI=1S/C23H24BrF3N4O/c24-20-5-3-18(4-6-20)22(32)29-7-1-2-8-30-9-11-31(12-10-30)21-14-17(16-28)13-19(15-21)23(25,26)27/h3-6,13-15H,1-2,7-12H2,(H,29,32). The molecule has 0 bridgehead atoms. The van der Waals surface area contributed by atoms with Gasteiger partial charge in [0.2, 0.25) is 0 Å². The molecule has 2 aromatic rings. The lowest BCUT2D eigenvalue weighted by atomic mass is 10.1. The van der Waals surface area contributed by atoms with E-state index in [4.69, 9.17) is 5.26 Å². The van der Waals surface area contributed by atoms with Gasteiger partial charge in [0, 0.05) is 48.4 Å². The molecule has 1 N–H and O–H groups in total. The average Bonchev–Trinajstić information content (AvgIpc) is 2.78. The Morgan fingerprint density at radius 3 is 2.38 bits per heavy atom. The summed E-state index contributed by atoms with van der Waals surface area (Å²) in [6.45, 7) is 4.15. The van der Waals surface area contributed by atoms with Crippen molar-refractivity contribution in [1.82, 2.24) is 10.2 Å². The van der Waals surface area contributed by atoms with Crippen molar-refractivity contribution in [3.8, 4) is 6.07 Å². The minimum absolute atomic E-state index is 0.0161. The normalized spacial score (nSPS) is 14.8. The zero-order chi connectivity index (χ0) is 23.1. The lowest BCUT2D eigenvalue weighted by molar-refractivity contribution is -0.137. The number of nitrogens with one attached hydrogen (secondary N) is 1. The van der Waals surface area contributed by atoms with Gasteiger partial charge < -0.3 is 10.2 Å². The second-order valence-electron chi connectivity index (χ2n) is 7.68. The van der Waals surface area contributed by atoms with Crippen LogP contribution in [0.5, 0.6) is 0 Å². The zero-order valence-electron chi connectivity index (χ0n) is 17.5. The summed E-state index contributed by atoms with van der Waals surface area (Å²) in [7, 11) is 0. The van der Waals surface area contributed by atoms with Crippen molar-refractivity contribution in [2.75, 3.05) is 44.2 Å². The summed E-state index contributed by atoms with van der Waals surface area (Å²) in [5.74, 6) is -0.0936. The lowest BCUT2D eigenvalue weighted by Crippen LogP contribution is -2.46. The molecule has 5 nitrogen and oxygen atoms in total. The largest absolute Gasteiger partial charge is 0.416 e. The number of carbonyl (C=O) groups excluding carboxylic acids is 1. The second kappa shape index (κ2) is 10.8. The van der Waals surface area contributed by atoms with Crippen LogP contribution in [0.25, 0.3) is 0 Å². The molecule has 0 unspecified atom stereocenters. The zero-order valence-corrected chi connectivity index (χ0v) is 19.0. The Balaban J connectivity index is 1.40. The molecule has 0 atom stereocenters. The molecule has 0 radical (unpaired) electrons. The molecule has 3 rings (SSSR count). The molecule has 0 saturated carbocycles. The molecule has 0 spiro atoms. The van der Waals surface area contributed by atoms with Crippen molar-refractivity contribution in [3.05, 3.63) is 63.6 Å². The van der Waals surface area contributed by atoms with Crippen LogP contribution in [0.2, 0.25) is 0 Å². The Kier molecular flexibility index (Phi) is 8.15. The average molecular weight is 509 g/mol. The molecule has 1 fully saturated rings. The summed E-state index contributed by atoms with van der Waals surface area (Å²) in [6.07, 6.45) is -2.71. The van der Waals surface area contributed by atoms with E-state index in [-0.39, 0.29) is 11.5 Å². The SMILES string of the molecule is N#Cc1cc(N2CCN(CCCCNC(=O)c3ccc(Br)cc3)CC2)cc(C(F)(F)F)c1. The Morgan fingerprint density at radius 2 is 1.75 bits per heavy atom. The van der Waals surface area contributed by atoms with Gasteiger partial charge in [-0.3, -0.25) is 9.69 Å². The van der Waals surface area contributed by atoms with Crippen LogP contribution in [0.15, 0.2) is 46.9 Å². The van der Waals surface area contributed by atoms with Crippen LogP contribution >= 0.6 is 15.9 Å². The number of piperazine rings is 1. The highest BCUT2D eigenvalue weighted by Gasteiger charge is 2.32. The third kappa shape index (κ3) is 6.71. The molecular weight excluding hydrogens is 485 g/mol. The number of carbonyl (C=O) groups is 1. The molecule has 32 heavy (non-hydrogen) atoms. The first-order valence-electron chi connectivity index (χ1n) is 10.4. The summed E-state index contributed by atoms with van der Waals surface area (Å²) >= 11 is 3.34. The van der Waals surface area contributed by atoms with E-state index in [2.05, 4.69) is 26.1 Å². The van der Waals surface area contributed by atoms with E-state index in [0.29, 0.717) is 30.9 Å². The van der Waals surface area contributed by atoms with Gasteiger partial charge >= 0.3 is 6.18 Å². The number of nitrogens with zero attached hydrogens (tertiary/aromatic N) is 3. The summed E-state index contributed by atoms with van der Waals surface area (Å²) in [5.41, 5.74) is 0.284. The van der Waals surface area contributed by atoms with Crippen LogP contribution in [0, 0.1) is 11.3 Å². The maximum absolute atomic E-state index is 13.1. The molecule has 1 heterocycles. The Labute approximate surface area is 193 Å². The number of amides is 1. The first-order chi connectivity index (χ1) is 15.3. The number of nitriles is 1. The smallest absolute Gasteiger partial charge is 0.369 e. The third-order valence-electron chi connectivity index (χ3n) is 5.40. The number of unbranched alkanes of at least 4 members (excludes halogenated alkanes) is 1. The third-order valence-corrected chi connectivity index (χ3v) is 5.93. The van der Waals surface area contributed by atoms with Crippen LogP contribution in [0.1, 0.15) is 34.3 Å². The first kappa shape index (κ1) is 24.1. The molecule has 1 aliphatic heterocycles. The number of anilines is 1. The highest BCUT2D eigenvalue weighted by Crippen LogP contribution is 2.33. The van der Waals surface area contributed by atoms with Crippen molar-refractivity contribution in [2.24, 2.45) is 0 Å². The molecule has 1 amide bonds. The monoisotopic (exact) mass is 508 g/mol. The molecule has 9 heteroatoms. The predicted molar refractivity (Wildman–Crippen MR) is 121 cm³/mol. The van der Waals surface area contributed by atoms with Crippen molar-refractivity contribution in [1.29, 1.82) is 5.26 Å². The summed E-state index contributed by atoms with van der Waals surface area (Å²) in [5, 5.41) is 12.0. The van der Waals surface area contributed by atoms with Crippen molar-refractivity contribution < 1.29 is 18.0 Å². The van der Waals surface area contributed by atoms with Gasteiger partial charge in [-0.1, -0.05) is 15.9 Å². The van der Waals surface area contributed by atoms with Gasteiger partial charge in [-0.25, -0.2) is 0 Å². The fourth-order valence-electron chi connectivity index (χ4n) is 3.62. The minimum Gasteiger partial charge on any atom is -0.369 e. The minimum atomic E-state index is -4.48. The molecule has 2 aromatic carbocycles. The van der Waals surface area contributed by atoms with Gasteiger partial charge in [-0.15, -0.1) is 0 Å². The number of benzene rings is 2. The summed E-state index contributed by atoms with van der Waals surface area (Å²) < 4.78 is 40.3. The Bertz CT molecular complexity index is 965. The number of hydrogen-bond acceptors (Lipinski definition) is 4. The topological polar surface area (TPSA) is 59.4 Å². The van der Waals surface area contributed by atoms with Crippen LogP contribution in [-0.2, 0) is 6.18 Å². The maximum Gasteiger partial charge on any atom is 0.416 e. The highest BCUT2D eigenvalue weighted by molar-refractivity contribution is 9.10. The number of rotatable bonds is 7. The van der Waals surface area contributed by atoms with E-state index >= 15 is 0 Å². The van der Waals surface area contributed by atoms with Crippen molar-refractivity contribution in [3.63, 3.8) is 0 Å². The van der Waals surface area contributed by atoms with Gasteiger partial charge in [0.25, 0.3) is 5.91 Å². The number of hydrogen-bond donors (Lipinski definition) is 1. The van der Waals surface area contributed by atoms with Crippen LogP contribution < -0.4 is 10.2 Å². The molecule has 1 aliphatic rings. The fourth-order valence-corrected chi connectivity index (χ4v) is 3.88. The van der Waals surface area contributed by atoms with Gasteiger partial charge in [0.1, 0.15) is 0 Å². The predicted octanol–water partition coefficient (Wildman–Crippen LogP) is 4.67. The maximum atomic E-state index is 13.1. The van der Waals surface area contributed by atoms with Gasteiger partial charge in [0.05, 0.1) is 17.2 Å². The van der Waals surface area contributed by atoms with Crippen molar-refractivity contribution in [2.45, 2.75) is 19.0 Å². The van der Waals surface area contributed by atoms with E-state index in [9.17, 15) is 18.0 Å². The molecule has 0 aromatic heterocycles. The summed E-state index contributed by atoms with van der Waals surface area (Å²) in [4.78, 5) is 16.3. The van der Waals surface area contributed by atoms with E-state index < -0.39 is 11.7 Å². The molecular formula is C23H24BrF3N4O. The van der Waals surface area contributed by atoms with Crippen LogP contribution in [-0.4, -0.2) is 50.1 Å². The second-order valence-corrected chi connectivity index (χ2v) is 8.59. The van der Waals surface area contributed by atoms with Crippen LogP contribution in [0.3, 0.4) is 0 Å². The van der Waals surface area contributed by atoms with Gasteiger partial charge in [0.15, 0.2) is 0 Å². The quantitative estimate of drug-likeness (QED) is 0.552. The highest BCUT2D eigenvalue weighted by atomic mass is 79.9. The Hall–Kier alpha value is -2.57. The van der Waals surface area contributed by atoms with Crippen molar-refractivity contribution >= 4 is 27.5 Å².